The number of hydrogen-bond acceptors (Lipinski definition) is 4. The number of amides is 1. The van der Waals surface area contributed by atoms with Crippen LogP contribution < -0.4 is 16.2 Å². The molecule has 11 heteroatoms. The second-order valence-electron chi connectivity index (χ2n) is 10.5. The van der Waals surface area contributed by atoms with Crippen molar-refractivity contribution in [3.63, 3.8) is 0 Å². The molecular formula is C26H29F5N4O2. The quantitative estimate of drug-likeness (QED) is 0.493. The molecule has 1 amide bonds. The highest BCUT2D eigenvalue weighted by Gasteiger charge is 2.54. The van der Waals surface area contributed by atoms with Crippen LogP contribution in [0, 0.1) is 11.7 Å². The molecule has 5 rings (SSSR count). The molecule has 3 aliphatic rings. The van der Waals surface area contributed by atoms with Crippen molar-refractivity contribution in [2.24, 2.45) is 5.92 Å². The number of carbonyl (C=O) groups excluding carboxylic acids is 1. The molecule has 4 atom stereocenters. The predicted molar refractivity (Wildman–Crippen MR) is 128 cm³/mol. The van der Waals surface area contributed by atoms with Gasteiger partial charge in [-0.3, -0.25) is 9.59 Å². The molecule has 37 heavy (non-hydrogen) atoms. The first-order valence-corrected chi connectivity index (χ1v) is 12.4. The van der Waals surface area contributed by atoms with E-state index in [9.17, 15) is 31.5 Å². The highest BCUT2D eigenvalue weighted by atomic mass is 19.3. The SMILES string of the molecule is C[C@@H](NC(=O)c1cn(C2(C(F)F)CC2)c(=O)cc1N[C@@H]1C[C@H]2C[C@@H]1CN2C)c1cccc(C(F)F)c1F. The van der Waals surface area contributed by atoms with Gasteiger partial charge in [0.2, 0.25) is 0 Å². The number of nitrogens with one attached hydrogen (secondary N) is 2. The van der Waals surface area contributed by atoms with Crippen LogP contribution in [-0.4, -0.2) is 47.5 Å². The summed E-state index contributed by atoms with van der Waals surface area (Å²) in [5.41, 5.74) is -3.00. The van der Waals surface area contributed by atoms with E-state index in [1.807, 2.05) is 7.05 Å². The first kappa shape index (κ1) is 25.7. The van der Waals surface area contributed by atoms with Crippen LogP contribution in [-0.2, 0) is 5.54 Å². The number of carbonyl (C=O) groups is 1. The minimum atomic E-state index is -3.02. The molecule has 2 bridgehead atoms. The van der Waals surface area contributed by atoms with E-state index in [0.29, 0.717) is 12.0 Å². The highest BCUT2D eigenvalue weighted by Crippen LogP contribution is 2.48. The van der Waals surface area contributed by atoms with Crippen LogP contribution in [0.15, 0.2) is 35.3 Å². The molecule has 2 aromatic rings. The van der Waals surface area contributed by atoms with Crippen molar-refractivity contribution in [3.8, 4) is 0 Å². The summed E-state index contributed by atoms with van der Waals surface area (Å²) in [5.74, 6) is -1.53. The van der Waals surface area contributed by atoms with Gasteiger partial charge in [0.05, 0.1) is 22.9 Å². The summed E-state index contributed by atoms with van der Waals surface area (Å²) in [7, 11) is 2.05. The molecule has 0 unspecified atom stereocenters. The van der Waals surface area contributed by atoms with Crippen molar-refractivity contribution < 1.29 is 26.7 Å². The predicted octanol–water partition coefficient (Wildman–Crippen LogP) is 4.67. The number of pyridine rings is 1. The van der Waals surface area contributed by atoms with Crippen molar-refractivity contribution in [3.05, 3.63) is 63.3 Å². The Bertz CT molecular complexity index is 1260. The van der Waals surface area contributed by atoms with Gasteiger partial charge in [0, 0.05) is 36.5 Å². The van der Waals surface area contributed by atoms with Crippen molar-refractivity contribution in [1.82, 2.24) is 14.8 Å². The second-order valence-corrected chi connectivity index (χ2v) is 10.5. The number of likely N-dealkylation sites (tertiary alicyclic amines) is 1. The van der Waals surface area contributed by atoms with E-state index in [2.05, 4.69) is 15.5 Å². The molecule has 1 saturated heterocycles. The lowest BCUT2D eigenvalue weighted by molar-refractivity contribution is 0.0648. The maximum Gasteiger partial charge on any atom is 0.266 e. The molecular weight excluding hydrogens is 495 g/mol. The molecule has 2 heterocycles. The molecule has 1 aromatic heterocycles. The van der Waals surface area contributed by atoms with Crippen molar-refractivity contribution in [2.75, 3.05) is 18.9 Å². The lowest BCUT2D eigenvalue weighted by Gasteiger charge is -2.30. The Kier molecular flexibility index (Phi) is 6.54. The minimum absolute atomic E-state index is 0.00516. The normalized spacial score (nSPS) is 25.1. The van der Waals surface area contributed by atoms with E-state index in [1.165, 1.54) is 25.1 Å². The largest absolute Gasteiger partial charge is 0.381 e. The average molecular weight is 525 g/mol. The fourth-order valence-corrected chi connectivity index (χ4v) is 5.85. The molecule has 0 radical (unpaired) electrons. The van der Waals surface area contributed by atoms with E-state index >= 15 is 0 Å². The Morgan fingerprint density at radius 1 is 1.14 bits per heavy atom. The van der Waals surface area contributed by atoms with Gasteiger partial charge in [0.1, 0.15) is 11.4 Å². The monoisotopic (exact) mass is 524 g/mol. The van der Waals surface area contributed by atoms with Crippen LogP contribution in [0.25, 0.3) is 0 Å². The van der Waals surface area contributed by atoms with E-state index in [-0.39, 0.29) is 35.7 Å². The summed E-state index contributed by atoms with van der Waals surface area (Å²) < 4.78 is 69.6. The number of aromatic nitrogens is 1. The van der Waals surface area contributed by atoms with Crippen LogP contribution in [0.1, 0.15) is 66.6 Å². The first-order chi connectivity index (χ1) is 17.5. The van der Waals surface area contributed by atoms with Gasteiger partial charge < -0.3 is 20.1 Å². The van der Waals surface area contributed by atoms with Gasteiger partial charge in [0.15, 0.2) is 0 Å². The third-order valence-corrected chi connectivity index (χ3v) is 8.21. The molecule has 3 fully saturated rings. The third-order valence-electron chi connectivity index (χ3n) is 8.21. The molecule has 2 aliphatic carbocycles. The smallest absolute Gasteiger partial charge is 0.266 e. The van der Waals surface area contributed by atoms with Crippen molar-refractivity contribution in [1.29, 1.82) is 0 Å². The molecule has 6 nitrogen and oxygen atoms in total. The Balaban J connectivity index is 1.47. The summed E-state index contributed by atoms with van der Waals surface area (Å²) in [6, 6.07) is 4.12. The highest BCUT2D eigenvalue weighted by molar-refractivity contribution is 5.99. The van der Waals surface area contributed by atoms with Gasteiger partial charge in [-0.1, -0.05) is 18.2 Å². The number of rotatable bonds is 8. The second kappa shape index (κ2) is 9.41. The van der Waals surface area contributed by atoms with Gasteiger partial charge in [-0.15, -0.1) is 0 Å². The van der Waals surface area contributed by atoms with Crippen molar-refractivity contribution >= 4 is 11.6 Å². The van der Waals surface area contributed by atoms with Crippen molar-refractivity contribution in [2.45, 2.75) is 69.1 Å². The van der Waals surface area contributed by atoms with Gasteiger partial charge >= 0.3 is 0 Å². The lowest BCUT2D eigenvalue weighted by Crippen LogP contribution is -2.40. The summed E-state index contributed by atoms with van der Waals surface area (Å²) in [4.78, 5) is 28.6. The number of benzene rings is 1. The number of fused-ring (bicyclic) bond motifs is 2. The zero-order chi connectivity index (χ0) is 26.6. The van der Waals surface area contributed by atoms with Gasteiger partial charge in [-0.05, 0) is 45.6 Å². The molecule has 0 spiro atoms. The van der Waals surface area contributed by atoms with E-state index in [4.69, 9.17) is 0 Å². The zero-order valence-electron chi connectivity index (χ0n) is 20.5. The van der Waals surface area contributed by atoms with Gasteiger partial charge in [-0.2, -0.15) is 0 Å². The standard InChI is InChI=1S/C26H29F5N4O2/c1-13(16-4-3-5-17(22(16)27)23(28)29)32-24(37)18-12-35(26(6-7-26)25(30)31)21(36)10-20(18)33-19-9-15-8-14(19)11-34(15)2/h3-5,10,12-15,19,23,25,33H,6-9,11H2,1-2H3,(H,32,37)/t13-,14-,15-,19-/m1/s1. The first-order valence-electron chi connectivity index (χ1n) is 12.4. The number of halogens is 5. The number of piperidine rings is 1. The molecule has 2 N–H and O–H groups in total. The van der Waals surface area contributed by atoms with Crippen LogP contribution in [0.5, 0.6) is 0 Å². The fourth-order valence-electron chi connectivity index (χ4n) is 5.85. The number of nitrogens with zero attached hydrogens (tertiary/aromatic N) is 2. The average Bonchev–Trinajstić information content (AvgIpc) is 3.44. The fraction of sp³-hybridized carbons (Fsp3) is 0.538. The Hall–Kier alpha value is -2.95. The van der Waals surface area contributed by atoms with Gasteiger partial charge in [-0.25, -0.2) is 22.0 Å². The third kappa shape index (κ3) is 4.51. The van der Waals surface area contributed by atoms with Crippen LogP contribution in [0.4, 0.5) is 27.6 Å². The summed E-state index contributed by atoms with van der Waals surface area (Å²) >= 11 is 0. The Morgan fingerprint density at radius 2 is 1.84 bits per heavy atom. The number of alkyl halides is 4. The lowest BCUT2D eigenvalue weighted by atomic mass is 10.0. The van der Waals surface area contributed by atoms with E-state index in [0.717, 1.165) is 36.2 Å². The minimum Gasteiger partial charge on any atom is -0.381 e. The summed E-state index contributed by atoms with van der Waals surface area (Å²) in [5, 5.41) is 5.90. The molecule has 1 aliphatic heterocycles. The maximum absolute atomic E-state index is 14.7. The Morgan fingerprint density at radius 3 is 2.41 bits per heavy atom. The van der Waals surface area contributed by atoms with Crippen LogP contribution >= 0.6 is 0 Å². The topological polar surface area (TPSA) is 66.4 Å². The van der Waals surface area contributed by atoms with Gasteiger partial charge in [0.25, 0.3) is 24.3 Å². The van der Waals surface area contributed by atoms with E-state index in [1.54, 1.807) is 0 Å². The number of hydrogen-bond donors (Lipinski definition) is 2. The Labute approximate surface area is 210 Å². The van der Waals surface area contributed by atoms with Crippen LogP contribution in [0.3, 0.4) is 0 Å². The summed E-state index contributed by atoms with van der Waals surface area (Å²) in [6.07, 6.45) is -2.64. The molecule has 2 saturated carbocycles. The number of anilines is 1. The van der Waals surface area contributed by atoms with Crippen LogP contribution in [0.2, 0.25) is 0 Å². The van der Waals surface area contributed by atoms with E-state index < -0.39 is 47.3 Å². The zero-order valence-corrected chi connectivity index (χ0v) is 20.5. The molecule has 200 valence electrons. The summed E-state index contributed by atoms with van der Waals surface area (Å²) in [6.45, 7) is 2.31. The molecule has 1 aromatic carbocycles. The maximum atomic E-state index is 14.7.